The van der Waals surface area contributed by atoms with E-state index in [1.165, 1.54) is 0 Å². The van der Waals surface area contributed by atoms with Gasteiger partial charge in [-0.1, -0.05) is 0 Å². The SMILES string of the molecule is CN(CC(=O)O)S(=O)(=O)CCC(F)(C(F)(F)F)C(F)(F)F. The highest BCUT2D eigenvalue weighted by atomic mass is 32.2. The summed E-state index contributed by atoms with van der Waals surface area (Å²) < 4.78 is 109. The maximum Gasteiger partial charge on any atom is 0.431 e. The van der Waals surface area contributed by atoms with Crippen molar-refractivity contribution >= 4 is 16.0 Å². The molecule has 0 radical (unpaired) electrons. The molecule has 0 aliphatic carbocycles. The molecule has 5 nitrogen and oxygen atoms in total. The van der Waals surface area contributed by atoms with Gasteiger partial charge in [0, 0.05) is 13.5 Å². The molecule has 0 heterocycles. The van der Waals surface area contributed by atoms with Crippen molar-refractivity contribution in [2.45, 2.75) is 24.4 Å². The van der Waals surface area contributed by atoms with Crippen LogP contribution in [0.25, 0.3) is 0 Å². The topological polar surface area (TPSA) is 74.7 Å². The van der Waals surface area contributed by atoms with Gasteiger partial charge < -0.3 is 5.11 Å². The summed E-state index contributed by atoms with van der Waals surface area (Å²) in [6.07, 6.45) is -15.1. The molecule has 0 saturated heterocycles. The van der Waals surface area contributed by atoms with E-state index < -0.39 is 52.7 Å². The number of carbonyl (C=O) groups is 1. The van der Waals surface area contributed by atoms with Gasteiger partial charge in [0.1, 0.15) is 6.54 Å². The predicted octanol–water partition coefficient (Wildman–Crippen LogP) is 1.56. The molecule has 0 aliphatic heterocycles. The molecule has 0 bridgehead atoms. The van der Waals surface area contributed by atoms with Crippen LogP contribution in [-0.4, -0.2) is 61.2 Å². The second-order valence-electron chi connectivity index (χ2n) is 4.01. The Hall–Kier alpha value is -1.11. The first-order chi connectivity index (χ1) is 9.04. The van der Waals surface area contributed by atoms with Crippen molar-refractivity contribution in [2.75, 3.05) is 19.3 Å². The normalized spacial score (nSPS) is 14.5. The van der Waals surface area contributed by atoms with E-state index in [0.29, 0.717) is 7.05 Å². The average molecular weight is 349 g/mol. The predicted molar refractivity (Wildman–Crippen MR) is 54.6 cm³/mol. The zero-order chi connectivity index (χ0) is 17.3. The number of alkyl halides is 7. The first-order valence-corrected chi connectivity index (χ1v) is 6.63. The van der Waals surface area contributed by atoms with Gasteiger partial charge >= 0.3 is 18.3 Å². The maximum atomic E-state index is 13.2. The number of hydrogen-bond acceptors (Lipinski definition) is 3. The Bertz CT molecular complexity index is 470. The molecule has 21 heavy (non-hydrogen) atoms. The highest BCUT2D eigenvalue weighted by Crippen LogP contribution is 2.48. The fourth-order valence-corrected chi connectivity index (χ4v) is 2.32. The number of nitrogens with zero attached hydrogens (tertiary/aromatic N) is 1. The van der Waals surface area contributed by atoms with Crippen LogP contribution in [0.5, 0.6) is 0 Å². The Morgan fingerprint density at radius 2 is 1.43 bits per heavy atom. The summed E-state index contributed by atoms with van der Waals surface area (Å²) in [5, 5.41) is 8.29. The smallest absolute Gasteiger partial charge is 0.431 e. The quantitative estimate of drug-likeness (QED) is 0.739. The summed E-state index contributed by atoms with van der Waals surface area (Å²) in [5.41, 5.74) is -5.70. The van der Waals surface area contributed by atoms with E-state index in [-0.39, 0.29) is 4.31 Å². The van der Waals surface area contributed by atoms with Crippen molar-refractivity contribution in [3.63, 3.8) is 0 Å². The largest absolute Gasteiger partial charge is 0.480 e. The Morgan fingerprint density at radius 1 is 1.05 bits per heavy atom. The number of likely N-dealkylation sites (N-methyl/N-ethyl adjacent to an activating group) is 1. The van der Waals surface area contributed by atoms with Gasteiger partial charge in [0.25, 0.3) is 5.67 Å². The minimum atomic E-state index is -6.36. The van der Waals surface area contributed by atoms with Gasteiger partial charge in [0.15, 0.2) is 0 Å². The van der Waals surface area contributed by atoms with Gasteiger partial charge in [-0.25, -0.2) is 12.8 Å². The fraction of sp³-hybridized carbons (Fsp3) is 0.875. The van der Waals surface area contributed by atoms with E-state index in [1.54, 1.807) is 0 Å². The third kappa shape index (κ3) is 4.69. The van der Waals surface area contributed by atoms with Gasteiger partial charge in [-0.2, -0.15) is 30.6 Å². The van der Waals surface area contributed by atoms with Crippen LogP contribution in [0.4, 0.5) is 30.7 Å². The second-order valence-corrected chi connectivity index (χ2v) is 6.21. The van der Waals surface area contributed by atoms with Crippen molar-refractivity contribution in [3.05, 3.63) is 0 Å². The molecule has 0 aromatic rings. The van der Waals surface area contributed by atoms with Gasteiger partial charge in [-0.05, 0) is 0 Å². The zero-order valence-corrected chi connectivity index (χ0v) is 11.1. The number of sulfonamides is 1. The van der Waals surface area contributed by atoms with E-state index >= 15 is 0 Å². The van der Waals surface area contributed by atoms with Crippen LogP contribution in [-0.2, 0) is 14.8 Å². The lowest BCUT2D eigenvalue weighted by atomic mass is 10.0. The minimum Gasteiger partial charge on any atom is -0.480 e. The van der Waals surface area contributed by atoms with Gasteiger partial charge in [-0.15, -0.1) is 0 Å². The molecule has 0 saturated carbocycles. The highest BCUT2D eigenvalue weighted by molar-refractivity contribution is 7.89. The zero-order valence-electron chi connectivity index (χ0n) is 10.3. The third-order valence-electron chi connectivity index (χ3n) is 2.44. The van der Waals surface area contributed by atoms with Crippen LogP contribution < -0.4 is 0 Å². The van der Waals surface area contributed by atoms with E-state index in [0.717, 1.165) is 0 Å². The lowest BCUT2D eigenvalue weighted by Crippen LogP contribution is -2.54. The lowest BCUT2D eigenvalue weighted by Gasteiger charge is -2.30. The van der Waals surface area contributed by atoms with Crippen LogP contribution in [0, 0.1) is 0 Å². The van der Waals surface area contributed by atoms with E-state index in [9.17, 15) is 43.9 Å². The Labute approximate surface area is 114 Å². The molecule has 126 valence electrons. The summed E-state index contributed by atoms with van der Waals surface area (Å²) in [6.45, 7) is -1.18. The molecule has 0 atom stereocenters. The summed E-state index contributed by atoms with van der Waals surface area (Å²) in [7, 11) is -4.17. The Balaban J connectivity index is 5.23. The Kier molecular flexibility index (Phi) is 5.63. The monoisotopic (exact) mass is 349 g/mol. The molecule has 0 rings (SSSR count). The van der Waals surface area contributed by atoms with Crippen LogP contribution in [0.1, 0.15) is 6.42 Å². The van der Waals surface area contributed by atoms with E-state index in [2.05, 4.69) is 0 Å². The number of aliphatic carboxylic acids is 1. The summed E-state index contributed by atoms with van der Waals surface area (Å²) >= 11 is 0. The molecule has 0 aromatic heterocycles. The molecule has 1 N–H and O–H groups in total. The van der Waals surface area contributed by atoms with Crippen LogP contribution in [0.2, 0.25) is 0 Å². The van der Waals surface area contributed by atoms with Crippen molar-refractivity contribution in [1.82, 2.24) is 4.31 Å². The van der Waals surface area contributed by atoms with Gasteiger partial charge in [0.2, 0.25) is 10.0 Å². The molecule has 0 spiro atoms. The van der Waals surface area contributed by atoms with Crippen molar-refractivity contribution < 1.29 is 49.1 Å². The standard InChI is InChI=1S/C8H10F7NO4S/c1-16(4-5(17)18)21(19,20)3-2-6(9,7(10,11)12)8(13,14)15/h2-4H2,1H3,(H,17,18). The van der Waals surface area contributed by atoms with Crippen molar-refractivity contribution in [3.8, 4) is 0 Å². The minimum absolute atomic E-state index is 0.0164. The van der Waals surface area contributed by atoms with Crippen LogP contribution in [0.15, 0.2) is 0 Å². The van der Waals surface area contributed by atoms with Crippen molar-refractivity contribution in [1.29, 1.82) is 0 Å². The average Bonchev–Trinajstić information content (AvgIpc) is 2.21. The summed E-state index contributed by atoms with van der Waals surface area (Å²) in [5.74, 6) is -3.54. The fourth-order valence-electron chi connectivity index (χ4n) is 1.16. The molecular weight excluding hydrogens is 339 g/mol. The lowest BCUT2D eigenvalue weighted by molar-refractivity contribution is -0.341. The number of hydrogen-bond donors (Lipinski definition) is 1. The first-order valence-electron chi connectivity index (χ1n) is 5.03. The number of carboxylic acid groups (broad SMARTS) is 1. The molecule has 0 amide bonds. The third-order valence-corrected chi connectivity index (χ3v) is 4.23. The first kappa shape index (κ1) is 19.9. The number of rotatable bonds is 6. The van der Waals surface area contributed by atoms with Gasteiger partial charge in [-0.3, -0.25) is 4.79 Å². The molecule has 13 heteroatoms. The molecule has 0 unspecified atom stereocenters. The highest BCUT2D eigenvalue weighted by Gasteiger charge is 2.72. The van der Waals surface area contributed by atoms with Gasteiger partial charge in [0.05, 0.1) is 5.75 Å². The van der Waals surface area contributed by atoms with E-state index in [1.807, 2.05) is 0 Å². The van der Waals surface area contributed by atoms with Crippen molar-refractivity contribution in [2.24, 2.45) is 0 Å². The molecule has 0 fully saturated rings. The van der Waals surface area contributed by atoms with Crippen LogP contribution in [0.3, 0.4) is 0 Å². The number of halogens is 7. The van der Waals surface area contributed by atoms with E-state index in [4.69, 9.17) is 5.11 Å². The summed E-state index contributed by atoms with van der Waals surface area (Å²) in [6, 6.07) is 0. The van der Waals surface area contributed by atoms with Crippen LogP contribution >= 0.6 is 0 Å². The summed E-state index contributed by atoms with van der Waals surface area (Å²) in [4.78, 5) is 10.2. The second kappa shape index (κ2) is 5.94. The Morgan fingerprint density at radius 3 is 1.71 bits per heavy atom. The molecule has 0 aromatic carbocycles. The molecular formula is C8H10F7NO4S. The maximum absolute atomic E-state index is 13.2. The number of carboxylic acids is 1. The molecule has 0 aliphatic rings.